The van der Waals surface area contributed by atoms with Gasteiger partial charge in [-0.25, -0.2) is 9.36 Å². The topological polar surface area (TPSA) is 75.2 Å². The molecule has 0 unspecified atom stereocenters. The van der Waals surface area contributed by atoms with Crippen LogP contribution in [0.5, 0.6) is 0 Å². The van der Waals surface area contributed by atoms with Gasteiger partial charge in [-0.05, 0) is 42.7 Å². The summed E-state index contributed by atoms with van der Waals surface area (Å²) < 4.78 is 1.09. The van der Waals surface area contributed by atoms with E-state index in [4.69, 9.17) is 0 Å². The van der Waals surface area contributed by atoms with Crippen molar-refractivity contribution in [2.75, 3.05) is 11.4 Å². The van der Waals surface area contributed by atoms with Gasteiger partial charge in [-0.15, -0.1) is 11.3 Å². The van der Waals surface area contributed by atoms with Crippen LogP contribution in [-0.4, -0.2) is 22.0 Å². The highest BCUT2D eigenvalue weighted by Crippen LogP contribution is 2.29. The largest absolute Gasteiger partial charge is 0.334 e. The van der Waals surface area contributed by atoms with Crippen molar-refractivity contribution in [3.63, 3.8) is 0 Å². The quantitative estimate of drug-likeness (QED) is 0.558. The minimum Gasteiger partial charge on any atom is -0.308 e. The number of aromatic amines is 1. The standard InChI is InChI=1S/C22H17N3O3S/c26-20(24-11-5-7-14-6-1-4-10-18(14)24)15-12-19(29-13-15)25-21(27)16-8-2-3-9-17(16)23-22(25)28/h1-4,6,8-10,12-13H,5,7,11H2,(H,23,28). The molecule has 1 aliphatic rings. The minimum atomic E-state index is -0.516. The van der Waals surface area contributed by atoms with Crippen molar-refractivity contribution < 1.29 is 4.79 Å². The molecule has 0 saturated heterocycles. The number of hydrogen-bond acceptors (Lipinski definition) is 4. The number of hydrogen-bond donors (Lipinski definition) is 1. The number of benzene rings is 2. The van der Waals surface area contributed by atoms with Crippen LogP contribution in [0.3, 0.4) is 0 Å². The Labute approximate surface area is 169 Å². The molecule has 5 rings (SSSR count). The van der Waals surface area contributed by atoms with Crippen LogP contribution in [0.2, 0.25) is 0 Å². The Morgan fingerprint density at radius 2 is 1.83 bits per heavy atom. The average Bonchev–Trinajstić information content (AvgIpc) is 3.22. The first kappa shape index (κ1) is 17.6. The summed E-state index contributed by atoms with van der Waals surface area (Å²) in [4.78, 5) is 43.0. The van der Waals surface area contributed by atoms with E-state index in [2.05, 4.69) is 4.98 Å². The van der Waals surface area contributed by atoms with Gasteiger partial charge in [0.15, 0.2) is 0 Å². The fraction of sp³-hybridized carbons (Fsp3) is 0.136. The molecule has 0 atom stereocenters. The molecule has 0 bridgehead atoms. The monoisotopic (exact) mass is 403 g/mol. The van der Waals surface area contributed by atoms with Crippen LogP contribution in [0.15, 0.2) is 69.6 Å². The first-order valence-corrected chi connectivity index (χ1v) is 10.2. The number of nitrogens with zero attached hydrogens (tertiary/aromatic N) is 2. The molecule has 29 heavy (non-hydrogen) atoms. The summed E-state index contributed by atoms with van der Waals surface area (Å²) in [5, 5.41) is 2.56. The van der Waals surface area contributed by atoms with Gasteiger partial charge < -0.3 is 9.88 Å². The number of para-hydroxylation sites is 2. The number of H-pyrrole nitrogens is 1. The molecule has 7 heteroatoms. The van der Waals surface area contributed by atoms with Crippen LogP contribution >= 0.6 is 11.3 Å². The summed E-state index contributed by atoms with van der Waals surface area (Å²) in [7, 11) is 0. The molecule has 0 spiro atoms. The Bertz CT molecular complexity index is 1370. The second-order valence-electron chi connectivity index (χ2n) is 6.98. The third-order valence-corrected chi connectivity index (χ3v) is 6.13. The van der Waals surface area contributed by atoms with Crippen LogP contribution in [0.4, 0.5) is 5.69 Å². The van der Waals surface area contributed by atoms with Gasteiger partial charge in [0.05, 0.1) is 16.5 Å². The van der Waals surface area contributed by atoms with E-state index in [0.717, 1.165) is 28.7 Å². The van der Waals surface area contributed by atoms with E-state index in [-0.39, 0.29) is 5.91 Å². The maximum absolute atomic E-state index is 13.1. The fourth-order valence-corrected chi connectivity index (χ4v) is 4.70. The van der Waals surface area contributed by atoms with Crippen molar-refractivity contribution in [1.82, 2.24) is 9.55 Å². The number of aromatic nitrogens is 2. The van der Waals surface area contributed by atoms with Crippen molar-refractivity contribution in [1.29, 1.82) is 0 Å². The SMILES string of the molecule is O=C(c1csc(-n2c(=O)[nH]c3ccccc3c2=O)c1)N1CCCc2ccccc21. The third-order valence-electron chi connectivity index (χ3n) is 5.21. The van der Waals surface area contributed by atoms with Gasteiger partial charge in [-0.1, -0.05) is 30.3 Å². The molecule has 0 fully saturated rings. The van der Waals surface area contributed by atoms with E-state index < -0.39 is 11.2 Å². The first-order chi connectivity index (χ1) is 14.1. The molecule has 144 valence electrons. The number of fused-ring (bicyclic) bond motifs is 2. The Balaban J connectivity index is 1.56. The summed E-state index contributed by atoms with van der Waals surface area (Å²) in [5.74, 6) is -0.120. The molecule has 0 aliphatic carbocycles. The zero-order chi connectivity index (χ0) is 20.0. The Morgan fingerprint density at radius 1 is 1.03 bits per heavy atom. The number of anilines is 1. The average molecular weight is 403 g/mol. The number of nitrogens with one attached hydrogen (secondary N) is 1. The van der Waals surface area contributed by atoms with Gasteiger partial charge in [0.2, 0.25) is 0 Å². The lowest BCUT2D eigenvalue weighted by Crippen LogP contribution is -2.35. The van der Waals surface area contributed by atoms with Crippen LogP contribution < -0.4 is 16.1 Å². The number of rotatable bonds is 2. The van der Waals surface area contributed by atoms with Gasteiger partial charge in [0.1, 0.15) is 5.00 Å². The summed E-state index contributed by atoms with van der Waals surface area (Å²) >= 11 is 1.21. The van der Waals surface area contributed by atoms with Crippen molar-refractivity contribution in [2.45, 2.75) is 12.8 Å². The van der Waals surface area contributed by atoms with Crippen molar-refractivity contribution >= 4 is 33.8 Å². The van der Waals surface area contributed by atoms with Crippen LogP contribution in [-0.2, 0) is 6.42 Å². The van der Waals surface area contributed by atoms with Gasteiger partial charge in [0, 0.05) is 17.6 Å². The molecule has 2 aromatic heterocycles. The highest BCUT2D eigenvalue weighted by Gasteiger charge is 2.24. The van der Waals surface area contributed by atoms with Gasteiger partial charge in [-0.3, -0.25) is 9.59 Å². The van der Waals surface area contributed by atoms with E-state index in [1.165, 1.54) is 11.3 Å². The lowest BCUT2D eigenvalue weighted by Gasteiger charge is -2.29. The van der Waals surface area contributed by atoms with E-state index >= 15 is 0 Å². The maximum atomic E-state index is 13.1. The van der Waals surface area contributed by atoms with Crippen molar-refractivity contribution in [3.05, 3.63) is 91.9 Å². The van der Waals surface area contributed by atoms with Gasteiger partial charge in [0.25, 0.3) is 11.5 Å². The molecule has 1 N–H and O–H groups in total. The van der Waals surface area contributed by atoms with E-state index in [1.807, 2.05) is 24.3 Å². The number of carbonyl (C=O) groups is 1. The zero-order valence-corrected chi connectivity index (χ0v) is 16.2. The highest BCUT2D eigenvalue weighted by molar-refractivity contribution is 7.12. The third kappa shape index (κ3) is 2.91. The molecule has 1 amide bonds. The lowest BCUT2D eigenvalue weighted by atomic mass is 10.0. The lowest BCUT2D eigenvalue weighted by molar-refractivity contribution is 0.0985. The van der Waals surface area contributed by atoms with Crippen molar-refractivity contribution in [3.8, 4) is 5.00 Å². The zero-order valence-electron chi connectivity index (χ0n) is 15.4. The second kappa shape index (κ2) is 6.86. The highest BCUT2D eigenvalue weighted by atomic mass is 32.1. The maximum Gasteiger partial charge on any atom is 0.334 e. The molecule has 6 nitrogen and oxygen atoms in total. The molecule has 3 heterocycles. The number of amides is 1. The second-order valence-corrected chi connectivity index (χ2v) is 7.87. The number of thiophene rings is 1. The number of aryl methyl sites for hydroxylation is 1. The Kier molecular flexibility index (Phi) is 4.17. The Morgan fingerprint density at radius 3 is 2.72 bits per heavy atom. The predicted octanol–water partition coefficient (Wildman–Crippen LogP) is 3.33. The summed E-state index contributed by atoms with van der Waals surface area (Å²) in [6.07, 6.45) is 1.86. The van der Waals surface area contributed by atoms with E-state index in [0.29, 0.717) is 28.0 Å². The minimum absolute atomic E-state index is 0.120. The summed E-state index contributed by atoms with van der Waals surface area (Å²) in [6.45, 7) is 0.650. The number of carbonyl (C=O) groups excluding carboxylic acids is 1. The molecular formula is C22H17N3O3S. The molecular weight excluding hydrogens is 386 g/mol. The first-order valence-electron chi connectivity index (χ1n) is 9.36. The summed E-state index contributed by atoms with van der Waals surface area (Å²) in [5.41, 5.74) is 2.14. The van der Waals surface area contributed by atoms with Crippen LogP contribution in [0.1, 0.15) is 22.3 Å². The molecule has 4 aromatic rings. The van der Waals surface area contributed by atoms with Crippen LogP contribution in [0.25, 0.3) is 15.9 Å². The van der Waals surface area contributed by atoms with Gasteiger partial charge >= 0.3 is 5.69 Å². The molecule has 0 radical (unpaired) electrons. The predicted molar refractivity (Wildman–Crippen MR) is 114 cm³/mol. The Hall–Kier alpha value is -3.45. The van der Waals surface area contributed by atoms with E-state index in [1.54, 1.807) is 40.6 Å². The van der Waals surface area contributed by atoms with Crippen LogP contribution in [0, 0.1) is 0 Å². The molecule has 1 aliphatic heterocycles. The summed E-state index contributed by atoms with van der Waals surface area (Å²) in [6, 6.07) is 16.4. The van der Waals surface area contributed by atoms with Gasteiger partial charge in [-0.2, -0.15) is 0 Å². The fourth-order valence-electron chi connectivity index (χ4n) is 3.82. The van der Waals surface area contributed by atoms with Crippen molar-refractivity contribution in [2.24, 2.45) is 0 Å². The molecule has 0 saturated carbocycles. The molecule has 2 aromatic carbocycles. The smallest absolute Gasteiger partial charge is 0.308 e. The van der Waals surface area contributed by atoms with E-state index in [9.17, 15) is 14.4 Å². The normalized spacial score (nSPS) is 13.4.